The normalized spacial score (nSPS) is 11.9. The van der Waals surface area contributed by atoms with Crippen LogP contribution in [0.4, 0.5) is 4.39 Å². The standard InChI is InChI=1S/C24H17ClFN3O5/c1-12-9-19-17(11-18(12)26)22(31)29(24(34)27-19)16-7-5-13(6-8-16)21(30)28-20(23(32)33)14-3-2-4-15(25)10-14/h2-11,20H,1H3,(H,27,34)(H,28,30)(H,32,33). The van der Waals surface area contributed by atoms with Crippen molar-refractivity contribution in [1.29, 1.82) is 0 Å². The highest BCUT2D eigenvalue weighted by Crippen LogP contribution is 2.19. The van der Waals surface area contributed by atoms with Crippen LogP contribution < -0.4 is 16.6 Å². The van der Waals surface area contributed by atoms with Gasteiger partial charge in [-0.05, 0) is 66.6 Å². The Labute approximate surface area is 196 Å². The Morgan fingerprint density at radius 3 is 2.44 bits per heavy atom. The smallest absolute Gasteiger partial charge is 0.333 e. The maximum absolute atomic E-state index is 14.0. The predicted octanol–water partition coefficient (Wildman–Crippen LogP) is 3.34. The SMILES string of the molecule is Cc1cc2[nH]c(=O)n(-c3ccc(C(=O)NC(C(=O)O)c4cccc(Cl)c4)cc3)c(=O)c2cc1F. The zero-order chi connectivity index (χ0) is 24.6. The molecule has 1 unspecified atom stereocenters. The molecule has 0 saturated heterocycles. The highest BCUT2D eigenvalue weighted by Gasteiger charge is 2.23. The van der Waals surface area contributed by atoms with Gasteiger partial charge >= 0.3 is 11.7 Å². The summed E-state index contributed by atoms with van der Waals surface area (Å²) in [6.45, 7) is 1.52. The molecule has 1 amide bonds. The number of aliphatic carboxylic acids is 1. The van der Waals surface area contributed by atoms with Crippen molar-refractivity contribution in [2.24, 2.45) is 0 Å². The van der Waals surface area contributed by atoms with Crippen molar-refractivity contribution < 1.29 is 19.1 Å². The first-order valence-electron chi connectivity index (χ1n) is 10.0. The second kappa shape index (κ2) is 8.95. The number of carbonyl (C=O) groups is 2. The molecule has 0 radical (unpaired) electrons. The van der Waals surface area contributed by atoms with E-state index in [0.29, 0.717) is 10.6 Å². The number of aryl methyl sites for hydroxylation is 1. The van der Waals surface area contributed by atoms with Crippen molar-refractivity contribution >= 4 is 34.4 Å². The molecule has 0 saturated carbocycles. The molecule has 8 nitrogen and oxygen atoms in total. The molecular weight excluding hydrogens is 465 g/mol. The number of aromatic amines is 1. The van der Waals surface area contributed by atoms with Gasteiger partial charge in [-0.3, -0.25) is 9.59 Å². The van der Waals surface area contributed by atoms with Crippen LogP contribution in [0.15, 0.2) is 70.3 Å². The molecule has 0 aliphatic heterocycles. The molecule has 4 rings (SSSR count). The van der Waals surface area contributed by atoms with Crippen molar-refractivity contribution in [3.05, 3.63) is 109 Å². The van der Waals surface area contributed by atoms with Crippen LogP contribution >= 0.6 is 11.6 Å². The van der Waals surface area contributed by atoms with E-state index < -0.39 is 35.0 Å². The number of halogens is 2. The lowest BCUT2D eigenvalue weighted by atomic mass is 10.1. The van der Waals surface area contributed by atoms with Crippen molar-refractivity contribution in [3.8, 4) is 5.69 Å². The average molecular weight is 482 g/mol. The number of nitrogens with one attached hydrogen (secondary N) is 2. The second-order valence-electron chi connectivity index (χ2n) is 7.56. The lowest BCUT2D eigenvalue weighted by molar-refractivity contribution is -0.139. The van der Waals surface area contributed by atoms with Gasteiger partial charge in [-0.25, -0.2) is 18.5 Å². The van der Waals surface area contributed by atoms with E-state index in [1.165, 1.54) is 49.4 Å². The predicted molar refractivity (Wildman–Crippen MR) is 124 cm³/mol. The molecule has 0 aliphatic rings. The summed E-state index contributed by atoms with van der Waals surface area (Å²) >= 11 is 5.92. The fourth-order valence-corrected chi connectivity index (χ4v) is 3.73. The minimum Gasteiger partial charge on any atom is -0.479 e. The van der Waals surface area contributed by atoms with Crippen LogP contribution in [0, 0.1) is 12.7 Å². The summed E-state index contributed by atoms with van der Waals surface area (Å²) in [4.78, 5) is 52.3. The van der Waals surface area contributed by atoms with Crippen LogP contribution in [0.3, 0.4) is 0 Å². The van der Waals surface area contributed by atoms with Gasteiger partial charge in [0.25, 0.3) is 11.5 Å². The molecule has 0 bridgehead atoms. The topological polar surface area (TPSA) is 121 Å². The van der Waals surface area contributed by atoms with Gasteiger partial charge in [-0.1, -0.05) is 23.7 Å². The molecule has 1 atom stereocenters. The first-order valence-corrected chi connectivity index (χ1v) is 10.4. The number of carbonyl (C=O) groups excluding carboxylic acids is 1. The number of aromatic nitrogens is 2. The lowest BCUT2D eigenvalue weighted by Gasteiger charge is -2.15. The van der Waals surface area contributed by atoms with E-state index in [4.69, 9.17) is 11.6 Å². The fourth-order valence-electron chi connectivity index (χ4n) is 3.53. The fraction of sp³-hybridized carbons (Fsp3) is 0.0833. The maximum atomic E-state index is 14.0. The number of nitrogens with zero attached hydrogens (tertiary/aromatic N) is 1. The molecule has 1 heterocycles. The maximum Gasteiger partial charge on any atom is 0.333 e. The molecule has 4 aromatic rings. The number of benzene rings is 3. The van der Waals surface area contributed by atoms with Gasteiger partial charge in [0.15, 0.2) is 6.04 Å². The van der Waals surface area contributed by atoms with Crippen LogP contribution in [0.5, 0.6) is 0 Å². The molecule has 34 heavy (non-hydrogen) atoms. The summed E-state index contributed by atoms with van der Waals surface area (Å²) in [5.41, 5.74) is -0.412. The first-order chi connectivity index (χ1) is 16.2. The van der Waals surface area contributed by atoms with Crippen LogP contribution in [0.1, 0.15) is 27.5 Å². The van der Waals surface area contributed by atoms with Crippen molar-refractivity contribution in [2.75, 3.05) is 0 Å². The van der Waals surface area contributed by atoms with Gasteiger partial charge in [0.1, 0.15) is 5.82 Å². The third-order valence-corrected chi connectivity index (χ3v) is 5.50. The molecule has 0 spiro atoms. The Morgan fingerprint density at radius 1 is 1.09 bits per heavy atom. The number of hydrogen-bond donors (Lipinski definition) is 3. The first kappa shape index (κ1) is 22.9. The van der Waals surface area contributed by atoms with Crippen LogP contribution in [0.25, 0.3) is 16.6 Å². The van der Waals surface area contributed by atoms with Crippen LogP contribution in [-0.4, -0.2) is 26.5 Å². The minimum atomic E-state index is -1.34. The summed E-state index contributed by atoms with van der Waals surface area (Å²) < 4.78 is 14.8. The van der Waals surface area contributed by atoms with Gasteiger partial charge < -0.3 is 15.4 Å². The minimum absolute atomic E-state index is 0.00431. The number of H-pyrrole nitrogens is 1. The monoisotopic (exact) mass is 481 g/mol. The van der Waals surface area contributed by atoms with Gasteiger partial charge in [0, 0.05) is 10.6 Å². The highest BCUT2D eigenvalue weighted by atomic mass is 35.5. The van der Waals surface area contributed by atoms with E-state index in [-0.39, 0.29) is 27.7 Å². The highest BCUT2D eigenvalue weighted by molar-refractivity contribution is 6.30. The number of amides is 1. The molecule has 0 fully saturated rings. The average Bonchev–Trinajstić information content (AvgIpc) is 2.79. The quantitative estimate of drug-likeness (QED) is 0.403. The summed E-state index contributed by atoms with van der Waals surface area (Å²) in [6.07, 6.45) is 0. The summed E-state index contributed by atoms with van der Waals surface area (Å²) in [5.74, 6) is -2.54. The Morgan fingerprint density at radius 2 is 1.79 bits per heavy atom. The molecule has 3 N–H and O–H groups in total. The summed E-state index contributed by atoms with van der Waals surface area (Å²) in [7, 11) is 0. The molecule has 172 valence electrons. The lowest BCUT2D eigenvalue weighted by Crippen LogP contribution is -2.34. The van der Waals surface area contributed by atoms with Crippen LogP contribution in [-0.2, 0) is 4.79 Å². The van der Waals surface area contributed by atoms with E-state index >= 15 is 0 Å². The van der Waals surface area contributed by atoms with Crippen molar-refractivity contribution in [1.82, 2.24) is 14.9 Å². The number of fused-ring (bicyclic) bond motifs is 1. The van der Waals surface area contributed by atoms with Gasteiger partial charge in [-0.15, -0.1) is 0 Å². The Bertz CT molecular complexity index is 1560. The Hall–Kier alpha value is -4.24. The zero-order valence-corrected chi connectivity index (χ0v) is 18.4. The summed E-state index contributed by atoms with van der Waals surface area (Å²) in [5, 5.41) is 12.3. The number of rotatable bonds is 5. The van der Waals surface area contributed by atoms with Gasteiger partial charge in [-0.2, -0.15) is 0 Å². The molecule has 1 aromatic heterocycles. The van der Waals surface area contributed by atoms with Crippen molar-refractivity contribution in [2.45, 2.75) is 13.0 Å². The number of carboxylic acids is 1. The Balaban J connectivity index is 1.66. The van der Waals surface area contributed by atoms with E-state index in [9.17, 15) is 28.7 Å². The van der Waals surface area contributed by atoms with Gasteiger partial charge in [0.05, 0.1) is 16.6 Å². The summed E-state index contributed by atoms with van der Waals surface area (Å²) in [6, 6.07) is 12.6. The third-order valence-electron chi connectivity index (χ3n) is 5.27. The molecule has 0 aliphatic carbocycles. The van der Waals surface area contributed by atoms with E-state index in [1.807, 2.05) is 0 Å². The largest absolute Gasteiger partial charge is 0.479 e. The third kappa shape index (κ3) is 4.33. The molecular formula is C24H17ClFN3O5. The van der Waals surface area contributed by atoms with E-state index in [0.717, 1.165) is 10.6 Å². The van der Waals surface area contributed by atoms with Crippen LogP contribution in [0.2, 0.25) is 5.02 Å². The molecule has 10 heteroatoms. The van der Waals surface area contributed by atoms with Crippen molar-refractivity contribution in [3.63, 3.8) is 0 Å². The molecule has 3 aromatic carbocycles. The second-order valence-corrected chi connectivity index (χ2v) is 8.00. The Kier molecular flexibility index (Phi) is 6.04. The zero-order valence-electron chi connectivity index (χ0n) is 17.6. The van der Waals surface area contributed by atoms with E-state index in [2.05, 4.69) is 10.3 Å². The number of hydrogen-bond acceptors (Lipinski definition) is 4. The van der Waals surface area contributed by atoms with E-state index in [1.54, 1.807) is 12.1 Å². The number of carboxylic acid groups (broad SMARTS) is 1. The van der Waals surface area contributed by atoms with Gasteiger partial charge in [0.2, 0.25) is 0 Å².